The lowest BCUT2D eigenvalue weighted by Crippen LogP contribution is -1.89. The third-order valence-corrected chi connectivity index (χ3v) is 3.96. The number of halogens is 1. The van der Waals surface area contributed by atoms with E-state index in [9.17, 15) is 0 Å². The topological polar surface area (TPSA) is 43.6 Å². The first kappa shape index (κ1) is 10.2. The van der Waals surface area contributed by atoms with Gasteiger partial charge in [0, 0.05) is 12.4 Å². The first-order valence-corrected chi connectivity index (χ1v) is 6.56. The van der Waals surface area contributed by atoms with Gasteiger partial charge in [-0.25, -0.2) is 0 Å². The standard InChI is InChI=1S/C10H7IN4S/c1-15-7-5-3-2-4-6(7)8(14-15)9-12-13-10(11)16-9/h2-5H,1H3. The summed E-state index contributed by atoms with van der Waals surface area (Å²) in [4.78, 5) is 0. The Hall–Kier alpha value is -1.02. The van der Waals surface area contributed by atoms with Crippen LogP contribution in [0.15, 0.2) is 24.3 Å². The van der Waals surface area contributed by atoms with Gasteiger partial charge >= 0.3 is 0 Å². The second kappa shape index (κ2) is 3.77. The Labute approximate surface area is 109 Å². The molecule has 3 aromatic rings. The lowest BCUT2D eigenvalue weighted by molar-refractivity contribution is 0.799. The van der Waals surface area contributed by atoms with E-state index in [-0.39, 0.29) is 0 Å². The first-order valence-electron chi connectivity index (χ1n) is 4.67. The molecule has 0 saturated heterocycles. The molecule has 0 N–H and O–H groups in total. The number of hydrogen-bond acceptors (Lipinski definition) is 4. The van der Waals surface area contributed by atoms with Crippen LogP contribution in [0.1, 0.15) is 0 Å². The Morgan fingerprint density at radius 3 is 2.81 bits per heavy atom. The molecule has 2 heterocycles. The summed E-state index contributed by atoms with van der Waals surface area (Å²) in [6.45, 7) is 0. The highest BCUT2D eigenvalue weighted by Gasteiger charge is 2.13. The van der Waals surface area contributed by atoms with Crippen LogP contribution in [-0.2, 0) is 7.05 Å². The summed E-state index contributed by atoms with van der Waals surface area (Å²) < 4.78 is 2.81. The van der Waals surface area contributed by atoms with Crippen LogP contribution < -0.4 is 0 Å². The fraction of sp³-hybridized carbons (Fsp3) is 0.100. The van der Waals surface area contributed by atoms with Crippen LogP contribution in [0, 0.1) is 3.01 Å². The average Bonchev–Trinajstić information content (AvgIpc) is 2.84. The summed E-state index contributed by atoms with van der Waals surface area (Å²) in [5.74, 6) is 0. The second-order valence-corrected chi connectivity index (χ2v) is 6.08. The van der Waals surface area contributed by atoms with Crippen molar-refractivity contribution in [2.45, 2.75) is 0 Å². The molecule has 16 heavy (non-hydrogen) atoms. The molecule has 0 aliphatic heterocycles. The number of nitrogens with zero attached hydrogens (tertiary/aromatic N) is 4. The van der Waals surface area contributed by atoms with Crippen LogP contribution >= 0.6 is 33.9 Å². The Kier molecular flexibility index (Phi) is 2.40. The fourth-order valence-corrected chi connectivity index (χ4v) is 2.98. The van der Waals surface area contributed by atoms with Crippen LogP contribution in [-0.4, -0.2) is 20.0 Å². The van der Waals surface area contributed by atoms with E-state index in [2.05, 4.69) is 50.0 Å². The maximum absolute atomic E-state index is 4.49. The smallest absolute Gasteiger partial charge is 0.178 e. The summed E-state index contributed by atoms with van der Waals surface area (Å²) >= 11 is 3.73. The van der Waals surface area contributed by atoms with Crippen molar-refractivity contribution < 1.29 is 0 Å². The number of para-hydroxylation sites is 1. The van der Waals surface area contributed by atoms with Crippen LogP contribution in [0.2, 0.25) is 0 Å². The molecule has 1 aromatic carbocycles. The van der Waals surface area contributed by atoms with Gasteiger partial charge in [-0.3, -0.25) is 4.68 Å². The molecule has 0 radical (unpaired) electrons. The van der Waals surface area contributed by atoms with E-state index in [1.165, 1.54) is 0 Å². The van der Waals surface area contributed by atoms with Gasteiger partial charge in [0.1, 0.15) is 5.69 Å². The van der Waals surface area contributed by atoms with E-state index in [0.29, 0.717) is 0 Å². The zero-order valence-corrected chi connectivity index (χ0v) is 11.4. The molecule has 0 aliphatic carbocycles. The molecule has 6 heteroatoms. The second-order valence-electron chi connectivity index (χ2n) is 3.35. The number of hydrogen-bond donors (Lipinski definition) is 0. The highest BCUT2D eigenvalue weighted by atomic mass is 127. The Morgan fingerprint density at radius 1 is 1.25 bits per heavy atom. The molecular formula is C10H7IN4S. The van der Waals surface area contributed by atoms with E-state index >= 15 is 0 Å². The molecule has 0 atom stereocenters. The van der Waals surface area contributed by atoms with Crippen molar-refractivity contribution in [3.63, 3.8) is 0 Å². The molecule has 2 aromatic heterocycles. The number of aryl methyl sites for hydroxylation is 1. The summed E-state index contributed by atoms with van der Waals surface area (Å²) in [6, 6.07) is 8.14. The van der Waals surface area contributed by atoms with Crippen molar-refractivity contribution in [3.05, 3.63) is 27.3 Å². The zero-order valence-electron chi connectivity index (χ0n) is 8.38. The van der Waals surface area contributed by atoms with Crippen LogP contribution in [0.5, 0.6) is 0 Å². The predicted molar refractivity (Wildman–Crippen MR) is 72.3 cm³/mol. The van der Waals surface area contributed by atoms with Crippen LogP contribution in [0.25, 0.3) is 21.6 Å². The molecule has 0 amide bonds. The van der Waals surface area contributed by atoms with Crippen molar-refractivity contribution >= 4 is 44.8 Å². The van der Waals surface area contributed by atoms with Gasteiger partial charge in [-0.05, 0) is 28.7 Å². The van der Waals surface area contributed by atoms with Crippen molar-refractivity contribution in [3.8, 4) is 10.7 Å². The lowest BCUT2D eigenvalue weighted by Gasteiger charge is -1.90. The van der Waals surface area contributed by atoms with Gasteiger partial charge in [0.25, 0.3) is 0 Å². The Morgan fingerprint density at radius 2 is 2.06 bits per heavy atom. The first-order chi connectivity index (χ1) is 7.75. The third-order valence-electron chi connectivity index (χ3n) is 2.36. The summed E-state index contributed by atoms with van der Waals surface area (Å²) in [6.07, 6.45) is 0. The quantitative estimate of drug-likeness (QED) is 0.639. The van der Waals surface area contributed by atoms with Crippen LogP contribution in [0.4, 0.5) is 0 Å². The number of fused-ring (bicyclic) bond motifs is 1. The van der Waals surface area contributed by atoms with E-state index in [1.54, 1.807) is 11.3 Å². The van der Waals surface area contributed by atoms with Gasteiger partial charge in [-0.1, -0.05) is 29.5 Å². The highest BCUT2D eigenvalue weighted by Crippen LogP contribution is 2.29. The molecule has 3 rings (SSSR count). The summed E-state index contributed by atoms with van der Waals surface area (Å²) in [7, 11) is 1.94. The highest BCUT2D eigenvalue weighted by molar-refractivity contribution is 14.1. The third kappa shape index (κ3) is 1.52. The average molecular weight is 342 g/mol. The number of aromatic nitrogens is 4. The van der Waals surface area contributed by atoms with Gasteiger partial charge in [-0.2, -0.15) is 5.10 Å². The summed E-state index contributed by atoms with van der Waals surface area (Å²) in [5.41, 5.74) is 2.03. The molecule has 0 spiro atoms. The van der Waals surface area contributed by atoms with Gasteiger partial charge in [0.2, 0.25) is 0 Å². The normalized spacial score (nSPS) is 11.1. The largest absolute Gasteiger partial charge is 0.267 e. The maximum Gasteiger partial charge on any atom is 0.178 e. The van der Waals surface area contributed by atoms with Gasteiger partial charge in [-0.15, -0.1) is 10.2 Å². The van der Waals surface area contributed by atoms with E-state index in [0.717, 1.165) is 24.6 Å². The van der Waals surface area contributed by atoms with E-state index in [1.807, 2.05) is 23.9 Å². The molecule has 4 nitrogen and oxygen atoms in total. The molecule has 0 bridgehead atoms. The minimum absolute atomic E-state index is 0.876. The monoisotopic (exact) mass is 342 g/mol. The Balaban J connectivity index is 2.32. The molecule has 0 unspecified atom stereocenters. The Bertz CT molecular complexity index is 658. The maximum atomic E-state index is 4.49. The predicted octanol–water partition coefficient (Wildman–Crippen LogP) is 2.70. The van der Waals surface area contributed by atoms with Crippen molar-refractivity contribution in [1.29, 1.82) is 0 Å². The molecule has 80 valence electrons. The molecule has 0 aliphatic rings. The molecular weight excluding hydrogens is 335 g/mol. The van der Waals surface area contributed by atoms with Crippen molar-refractivity contribution in [2.75, 3.05) is 0 Å². The van der Waals surface area contributed by atoms with Gasteiger partial charge in [0.15, 0.2) is 8.02 Å². The van der Waals surface area contributed by atoms with E-state index in [4.69, 9.17) is 0 Å². The lowest BCUT2D eigenvalue weighted by atomic mass is 10.2. The zero-order chi connectivity index (χ0) is 11.1. The molecule has 0 fully saturated rings. The van der Waals surface area contributed by atoms with Crippen LogP contribution in [0.3, 0.4) is 0 Å². The van der Waals surface area contributed by atoms with Crippen molar-refractivity contribution in [1.82, 2.24) is 20.0 Å². The SMILES string of the molecule is Cn1nc(-c2nnc(I)s2)c2ccccc21. The molecule has 0 saturated carbocycles. The minimum Gasteiger partial charge on any atom is -0.267 e. The number of benzene rings is 1. The summed E-state index contributed by atoms with van der Waals surface area (Å²) in [5, 5.41) is 14.6. The minimum atomic E-state index is 0.876. The number of rotatable bonds is 1. The van der Waals surface area contributed by atoms with Gasteiger partial charge in [0.05, 0.1) is 5.52 Å². The van der Waals surface area contributed by atoms with E-state index < -0.39 is 0 Å². The fourth-order valence-electron chi connectivity index (χ4n) is 1.67. The van der Waals surface area contributed by atoms with Crippen molar-refractivity contribution in [2.24, 2.45) is 7.05 Å². The van der Waals surface area contributed by atoms with Gasteiger partial charge < -0.3 is 0 Å².